The van der Waals surface area contributed by atoms with E-state index in [9.17, 15) is 9.18 Å². The summed E-state index contributed by atoms with van der Waals surface area (Å²) >= 11 is 0. The number of nitrogens with one attached hydrogen (secondary N) is 1. The molecule has 144 valence electrons. The van der Waals surface area contributed by atoms with Gasteiger partial charge in [0.05, 0.1) is 5.52 Å². The second-order valence-electron chi connectivity index (χ2n) is 6.89. The molecule has 0 saturated carbocycles. The van der Waals surface area contributed by atoms with Crippen molar-refractivity contribution < 1.29 is 9.18 Å². The van der Waals surface area contributed by atoms with Crippen LogP contribution in [-0.2, 0) is 11.3 Å². The van der Waals surface area contributed by atoms with Crippen LogP contribution >= 0.6 is 0 Å². The first-order valence-electron chi connectivity index (χ1n) is 9.24. The molecule has 0 atom stereocenters. The summed E-state index contributed by atoms with van der Waals surface area (Å²) in [4.78, 5) is 26.5. The zero-order valence-electron chi connectivity index (χ0n) is 15.3. The quantitative estimate of drug-likeness (QED) is 0.706. The van der Waals surface area contributed by atoms with E-state index < -0.39 is 0 Å². The molecule has 1 amide bonds. The molecule has 0 bridgehead atoms. The summed E-state index contributed by atoms with van der Waals surface area (Å²) in [6.07, 6.45) is 4.68. The number of halogens is 1. The van der Waals surface area contributed by atoms with E-state index in [1.165, 1.54) is 18.5 Å². The lowest BCUT2D eigenvalue weighted by molar-refractivity contribution is -0.122. The molecule has 3 N–H and O–H groups in total. The van der Waals surface area contributed by atoms with Crippen molar-refractivity contribution in [2.45, 2.75) is 19.4 Å². The lowest BCUT2D eigenvalue weighted by Crippen LogP contribution is -2.39. The molecule has 1 aromatic carbocycles. The number of carbonyl (C=O) groups excluding carboxylic acids is 1. The van der Waals surface area contributed by atoms with Crippen LogP contribution in [0.5, 0.6) is 0 Å². The molecule has 0 aliphatic carbocycles. The van der Waals surface area contributed by atoms with E-state index in [-0.39, 0.29) is 17.6 Å². The fraction of sp³-hybridized carbons (Fsp3) is 0.300. The Hall–Kier alpha value is -3.29. The number of hydrogen-bond donors (Lipinski definition) is 2. The summed E-state index contributed by atoms with van der Waals surface area (Å²) in [5, 5.41) is 3.91. The minimum absolute atomic E-state index is 0.0659. The Balaban J connectivity index is 1.53. The van der Waals surface area contributed by atoms with Gasteiger partial charge in [-0.2, -0.15) is 0 Å². The first-order valence-corrected chi connectivity index (χ1v) is 9.24. The van der Waals surface area contributed by atoms with E-state index in [1.807, 2.05) is 12.1 Å². The molecule has 3 heterocycles. The van der Waals surface area contributed by atoms with Gasteiger partial charge in [-0.15, -0.1) is 0 Å². The average molecular weight is 380 g/mol. The maximum absolute atomic E-state index is 13.6. The summed E-state index contributed by atoms with van der Waals surface area (Å²) in [5.41, 5.74) is 7.11. The number of hydrogen-bond acceptors (Lipinski definition) is 6. The third-order valence-corrected chi connectivity index (χ3v) is 5.11. The van der Waals surface area contributed by atoms with Crippen LogP contribution in [0.1, 0.15) is 18.4 Å². The van der Waals surface area contributed by atoms with Gasteiger partial charge >= 0.3 is 0 Å². The Morgan fingerprint density at radius 3 is 2.82 bits per heavy atom. The van der Waals surface area contributed by atoms with E-state index in [0.29, 0.717) is 23.3 Å². The lowest BCUT2D eigenvalue weighted by Gasteiger charge is -2.32. The first-order chi connectivity index (χ1) is 13.6. The minimum Gasteiger partial charge on any atom is -0.369 e. The molecule has 2 aromatic heterocycles. The number of benzene rings is 1. The molecule has 28 heavy (non-hydrogen) atoms. The molecule has 7 nitrogen and oxygen atoms in total. The van der Waals surface area contributed by atoms with Crippen molar-refractivity contribution in [2.75, 3.05) is 23.3 Å². The minimum atomic E-state index is -0.329. The predicted molar refractivity (Wildman–Crippen MR) is 105 cm³/mol. The van der Waals surface area contributed by atoms with Crippen LogP contribution in [0, 0.1) is 11.7 Å². The van der Waals surface area contributed by atoms with Gasteiger partial charge in [0.25, 0.3) is 0 Å². The molecular formula is C20H21FN6O. The molecule has 3 aromatic rings. The maximum Gasteiger partial charge on any atom is 0.220 e. The van der Waals surface area contributed by atoms with Crippen LogP contribution in [0.3, 0.4) is 0 Å². The van der Waals surface area contributed by atoms with Gasteiger partial charge in [-0.05, 0) is 37.1 Å². The third-order valence-electron chi connectivity index (χ3n) is 5.11. The molecule has 0 spiro atoms. The highest BCUT2D eigenvalue weighted by Gasteiger charge is 2.25. The molecule has 1 aliphatic rings. The smallest absolute Gasteiger partial charge is 0.220 e. The molecule has 0 unspecified atom stereocenters. The number of nitrogens with two attached hydrogens (primary N) is 1. The summed E-state index contributed by atoms with van der Waals surface area (Å²) < 4.78 is 13.6. The number of primary amides is 1. The number of fused-ring (bicyclic) bond motifs is 1. The highest BCUT2D eigenvalue weighted by molar-refractivity contribution is 5.88. The topological polar surface area (TPSA) is 97.0 Å². The highest BCUT2D eigenvalue weighted by Crippen LogP contribution is 2.26. The van der Waals surface area contributed by atoms with E-state index in [0.717, 1.165) is 37.3 Å². The van der Waals surface area contributed by atoms with Crippen LogP contribution in [0.4, 0.5) is 16.0 Å². The van der Waals surface area contributed by atoms with Gasteiger partial charge in [-0.3, -0.25) is 4.79 Å². The number of carbonyl (C=O) groups is 1. The molecule has 1 saturated heterocycles. The first kappa shape index (κ1) is 18.1. The van der Waals surface area contributed by atoms with Crippen molar-refractivity contribution >= 4 is 28.4 Å². The van der Waals surface area contributed by atoms with Crippen LogP contribution in [-0.4, -0.2) is 33.9 Å². The van der Waals surface area contributed by atoms with E-state index in [1.54, 1.807) is 12.3 Å². The molecule has 1 fully saturated rings. The number of amides is 1. The van der Waals surface area contributed by atoms with E-state index in [2.05, 4.69) is 25.2 Å². The van der Waals surface area contributed by atoms with Crippen molar-refractivity contribution in [1.82, 2.24) is 15.0 Å². The van der Waals surface area contributed by atoms with Crippen molar-refractivity contribution in [3.8, 4) is 0 Å². The molecule has 1 aliphatic heterocycles. The van der Waals surface area contributed by atoms with Crippen LogP contribution in [0.15, 0.2) is 42.9 Å². The molecule has 8 heteroatoms. The van der Waals surface area contributed by atoms with Gasteiger partial charge in [0, 0.05) is 42.7 Å². The summed E-state index contributed by atoms with van der Waals surface area (Å²) in [6.45, 7) is 1.96. The normalized spacial score (nSPS) is 15.0. The summed E-state index contributed by atoms with van der Waals surface area (Å²) in [6, 6.07) is 8.33. The van der Waals surface area contributed by atoms with Crippen LogP contribution in [0.25, 0.3) is 10.9 Å². The fourth-order valence-corrected chi connectivity index (χ4v) is 3.58. The van der Waals surface area contributed by atoms with Crippen molar-refractivity contribution in [3.05, 3.63) is 54.2 Å². The van der Waals surface area contributed by atoms with Crippen molar-refractivity contribution in [2.24, 2.45) is 11.7 Å². The van der Waals surface area contributed by atoms with Gasteiger partial charge in [0.1, 0.15) is 23.8 Å². The Labute approximate surface area is 161 Å². The lowest BCUT2D eigenvalue weighted by atomic mass is 9.96. The average Bonchev–Trinajstić information content (AvgIpc) is 2.72. The highest BCUT2D eigenvalue weighted by atomic mass is 19.1. The molecule has 0 radical (unpaired) electrons. The van der Waals surface area contributed by atoms with Gasteiger partial charge in [0.15, 0.2) is 0 Å². The Kier molecular flexibility index (Phi) is 5.01. The zero-order chi connectivity index (χ0) is 19.5. The van der Waals surface area contributed by atoms with E-state index in [4.69, 9.17) is 5.73 Å². The number of nitrogens with zero attached hydrogens (tertiary/aromatic N) is 4. The maximum atomic E-state index is 13.6. The second kappa shape index (κ2) is 7.75. The number of anilines is 2. The Bertz CT molecular complexity index is 1000. The van der Waals surface area contributed by atoms with E-state index >= 15 is 0 Å². The number of rotatable bonds is 5. The number of piperidine rings is 1. The Morgan fingerprint density at radius 1 is 1.21 bits per heavy atom. The van der Waals surface area contributed by atoms with Gasteiger partial charge in [-0.25, -0.2) is 19.3 Å². The van der Waals surface area contributed by atoms with Gasteiger partial charge in [-0.1, -0.05) is 6.07 Å². The second-order valence-corrected chi connectivity index (χ2v) is 6.89. The predicted octanol–water partition coefficient (Wildman–Crippen LogP) is 2.48. The third kappa shape index (κ3) is 3.71. The Morgan fingerprint density at radius 2 is 2.04 bits per heavy atom. The van der Waals surface area contributed by atoms with Gasteiger partial charge in [0.2, 0.25) is 5.91 Å². The fourth-order valence-electron chi connectivity index (χ4n) is 3.58. The summed E-state index contributed by atoms with van der Waals surface area (Å²) in [7, 11) is 0. The molecule has 4 rings (SSSR count). The van der Waals surface area contributed by atoms with Crippen LogP contribution in [0.2, 0.25) is 0 Å². The number of pyridine rings is 1. The monoisotopic (exact) mass is 380 g/mol. The zero-order valence-corrected chi connectivity index (χ0v) is 15.3. The number of aromatic nitrogens is 3. The summed E-state index contributed by atoms with van der Waals surface area (Å²) in [5.74, 6) is 0.827. The van der Waals surface area contributed by atoms with Crippen molar-refractivity contribution in [1.29, 1.82) is 0 Å². The molecular weight excluding hydrogens is 359 g/mol. The van der Waals surface area contributed by atoms with Crippen molar-refractivity contribution in [3.63, 3.8) is 0 Å². The SMILES string of the molecule is NC(=O)C1CCN(c2ncccc2CNc2ncnc3ccc(F)cc23)CC1. The standard InChI is InChI=1S/C20H21FN6O/c21-15-3-4-17-16(10-15)19(26-12-25-17)24-11-14-2-1-7-23-20(14)27-8-5-13(6-9-27)18(22)28/h1-4,7,10,12-13H,5-6,8-9,11H2,(H2,22,28)(H,24,25,26). The van der Waals surface area contributed by atoms with Crippen LogP contribution < -0.4 is 16.0 Å². The van der Waals surface area contributed by atoms with Gasteiger partial charge < -0.3 is 16.0 Å². The largest absolute Gasteiger partial charge is 0.369 e.